The zero-order valence-electron chi connectivity index (χ0n) is 4.00. The third kappa shape index (κ3) is 1.28. The zero-order valence-corrected chi connectivity index (χ0v) is 5.63. The van der Waals surface area contributed by atoms with Gasteiger partial charge in [-0.1, -0.05) is 0 Å². The summed E-state index contributed by atoms with van der Waals surface area (Å²) in [5, 5.41) is 10.9. The molecular formula is C4H6ClNOS. The summed E-state index contributed by atoms with van der Waals surface area (Å²) in [7, 11) is 0. The molecular weight excluding hydrogens is 146 g/mol. The number of thiophene rings is 1. The van der Waals surface area contributed by atoms with Crippen molar-refractivity contribution in [2.75, 3.05) is 5.73 Å². The number of halogens is 1. The Bertz CT molecular complexity index is 148. The SMILES string of the molecule is Cl.Nc1sccc1O. The van der Waals surface area contributed by atoms with Crippen LogP contribution in [-0.4, -0.2) is 5.11 Å². The molecule has 0 aliphatic heterocycles. The average molecular weight is 152 g/mol. The molecule has 46 valence electrons. The number of nitrogens with two attached hydrogens (primary N) is 1. The molecule has 4 heteroatoms. The van der Waals surface area contributed by atoms with Gasteiger partial charge in [0.2, 0.25) is 0 Å². The summed E-state index contributed by atoms with van der Waals surface area (Å²) in [6.45, 7) is 0. The Kier molecular flexibility index (Phi) is 2.65. The van der Waals surface area contributed by atoms with Gasteiger partial charge < -0.3 is 10.8 Å². The normalized spacial score (nSPS) is 8.00. The number of anilines is 1. The van der Waals surface area contributed by atoms with E-state index in [2.05, 4.69) is 0 Å². The van der Waals surface area contributed by atoms with E-state index >= 15 is 0 Å². The van der Waals surface area contributed by atoms with E-state index in [1.807, 2.05) is 0 Å². The van der Waals surface area contributed by atoms with Crippen molar-refractivity contribution in [1.82, 2.24) is 0 Å². The lowest BCUT2D eigenvalue weighted by atomic mass is 10.6. The lowest BCUT2D eigenvalue weighted by Gasteiger charge is -1.80. The van der Waals surface area contributed by atoms with Crippen LogP contribution in [-0.2, 0) is 0 Å². The van der Waals surface area contributed by atoms with Gasteiger partial charge in [0.1, 0.15) is 10.8 Å². The standard InChI is InChI=1S/C4H5NOS.ClH/c5-4-3(6)1-2-7-4;/h1-2,6H,5H2;1H. The fourth-order valence-electron chi connectivity index (χ4n) is 0.314. The van der Waals surface area contributed by atoms with Crippen LogP contribution < -0.4 is 5.73 Å². The predicted molar refractivity (Wildman–Crippen MR) is 37.6 cm³/mol. The molecule has 0 fully saturated rings. The van der Waals surface area contributed by atoms with E-state index in [0.717, 1.165) is 0 Å². The van der Waals surface area contributed by atoms with Gasteiger partial charge >= 0.3 is 0 Å². The number of aromatic hydroxyl groups is 1. The molecule has 0 saturated carbocycles. The predicted octanol–water partition coefficient (Wildman–Crippen LogP) is 1.46. The van der Waals surface area contributed by atoms with Crippen LogP contribution in [0.15, 0.2) is 11.4 Å². The van der Waals surface area contributed by atoms with Crippen LogP contribution in [0.2, 0.25) is 0 Å². The van der Waals surface area contributed by atoms with Crippen molar-refractivity contribution < 1.29 is 5.11 Å². The molecule has 1 heterocycles. The Morgan fingerprint density at radius 2 is 2.25 bits per heavy atom. The maximum absolute atomic E-state index is 8.64. The van der Waals surface area contributed by atoms with Crippen molar-refractivity contribution in [3.63, 3.8) is 0 Å². The Hall–Kier alpha value is -0.410. The van der Waals surface area contributed by atoms with Gasteiger partial charge in [-0.3, -0.25) is 0 Å². The summed E-state index contributed by atoms with van der Waals surface area (Å²) in [5.41, 5.74) is 5.21. The van der Waals surface area contributed by atoms with Gasteiger partial charge in [-0.25, -0.2) is 0 Å². The van der Waals surface area contributed by atoms with Crippen LogP contribution in [0.3, 0.4) is 0 Å². The highest BCUT2D eigenvalue weighted by molar-refractivity contribution is 7.14. The Morgan fingerprint density at radius 1 is 1.62 bits per heavy atom. The summed E-state index contributed by atoms with van der Waals surface area (Å²) in [6, 6.07) is 1.57. The number of hydrogen-bond acceptors (Lipinski definition) is 3. The highest BCUT2D eigenvalue weighted by Gasteiger charge is 1.91. The van der Waals surface area contributed by atoms with Crippen molar-refractivity contribution in [3.05, 3.63) is 11.4 Å². The van der Waals surface area contributed by atoms with Gasteiger partial charge in [0.15, 0.2) is 0 Å². The Morgan fingerprint density at radius 3 is 2.38 bits per heavy atom. The minimum Gasteiger partial charge on any atom is -0.505 e. The van der Waals surface area contributed by atoms with Crippen LogP contribution in [0.5, 0.6) is 5.75 Å². The van der Waals surface area contributed by atoms with Crippen molar-refractivity contribution in [1.29, 1.82) is 0 Å². The molecule has 0 bridgehead atoms. The largest absolute Gasteiger partial charge is 0.505 e. The lowest BCUT2D eigenvalue weighted by Crippen LogP contribution is -1.75. The minimum atomic E-state index is 0. The van der Waals surface area contributed by atoms with Crippen LogP contribution in [0, 0.1) is 0 Å². The first-order chi connectivity index (χ1) is 3.30. The molecule has 0 unspecified atom stereocenters. The molecule has 3 N–H and O–H groups in total. The van der Waals surface area contributed by atoms with E-state index in [1.54, 1.807) is 11.4 Å². The first-order valence-corrected chi connectivity index (χ1v) is 2.70. The van der Waals surface area contributed by atoms with Crippen LogP contribution in [0.25, 0.3) is 0 Å². The van der Waals surface area contributed by atoms with Gasteiger partial charge in [-0.15, -0.1) is 23.7 Å². The van der Waals surface area contributed by atoms with Gasteiger partial charge in [0.05, 0.1) is 0 Å². The van der Waals surface area contributed by atoms with E-state index < -0.39 is 0 Å². The minimum absolute atomic E-state index is 0. The highest BCUT2D eigenvalue weighted by Crippen LogP contribution is 2.24. The lowest BCUT2D eigenvalue weighted by molar-refractivity contribution is 0.480. The van der Waals surface area contributed by atoms with Gasteiger partial charge in [-0.2, -0.15) is 0 Å². The molecule has 2 nitrogen and oxygen atoms in total. The molecule has 0 aliphatic carbocycles. The van der Waals surface area contributed by atoms with E-state index in [4.69, 9.17) is 10.8 Å². The number of rotatable bonds is 0. The Balaban J connectivity index is 0.000000490. The number of hydrogen-bond donors (Lipinski definition) is 2. The van der Waals surface area contributed by atoms with Gasteiger partial charge in [0.25, 0.3) is 0 Å². The summed E-state index contributed by atoms with van der Waals surface area (Å²) in [4.78, 5) is 0. The van der Waals surface area contributed by atoms with E-state index in [1.165, 1.54) is 11.3 Å². The molecule has 0 saturated heterocycles. The molecule has 1 rings (SSSR count). The third-order valence-electron chi connectivity index (χ3n) is 0.673. The molecule has 8 heavy (non-hydrogen) atoms. The van der Waals surface area contributed by atoms with Crippen LogP contribution >= 0.6 is 23.7 Å². The van der Waals surface area contributed by atoms with Crippen LogP contribution in [0.1, 0.15) is 0 Å². The van der Waals surface area contributed by atoms with Crippen LogP contribution in [0.4, 0.5) is 5.00 Å². The summed E-state index contributed by atoms with van der Waals surface area (Å²) >= 11 is 1.33. The fourth-order valence-corrected chi connectivity index (χ4v) is 0.847. The van der Waals surface area contributed by atoms with E-state index in [9.17, 15) is 0 Å². The Labute approximate surface area is 57.4 Å². The second-order valence-corrected chi connectivity index (χ2v) is 2.12. The highest BCUT2D eigenvalue weighted by atomic mass is 35.5. The quantitative estimate of drug-likeness (QED) is 0.590. The van der Waals surface area contributed by atoms with Gasteiger partial charge in [0, 0.05) is 0 Å². The molecule has 1 aromatic heterocycles. The smallest absolute Gasteiger partial charge is 0.149 e. The first-order valence-electron chi connectivity index (χ1n) is 1.82. The molecule has 1 aromatic rings. The van der Waals surface area contributed by atoms with Crippen molar-refractivity contribution in [3.8, 4) is 5.75 Å². The maximum atomic E-state index is 8.64. The second-order valence-electron chi connectivity index (χ2n) is 1.17. The maximum Gasteiger partial charge on any atom is 0.149 e. The summed E-state index contributed by atoms with van der Waals surface area (Å²) in [5.74, 6) is 0.185. The molecule has 0 aliphatic rings. The van der Waals surface area contributed by atoms with E-state index in [0.29, 0.717) is 5.00 Å². The first kappa shape index (κ1) is 7.59. The van der Waals surface area contributed by atoms with Crippen molar-refractivity contribution >= 4 is 28.7 Å². The molecule has 0 spiro atoms. The average Bonchev–Trinajstić information content (AvgIpc) is 1.91. The van der Waals surface area contributed by atoms with Crippen molar-refractivity contribution in [2.24, 2.45) is 0 Å². The molecule has 0 aromatic carbocycles. The van der Waals surface area contributed by atoms with Crippen molar-refractivity contribution in [2.45, 2.75) is 0 Å². The topological polar surface area (TPSA) is 46.2 Å². The molecule has 0 radical (unpaired) electrons. The zero-order chi connectivity index (χ0) is 5.28. The molecule has 0 atom stereocenters. The fraction of sp³-hybridized carbons (Fsp3) is 0. The summed E-state index contributed by atoms with van der Waals surface area (Å²) in [6.07, 6.45) is 0. The monoisotopic (exact) mass is 151 g/mol. The summed E-state index contributed by atoms with van der Waals surface area (Å²) < 4.78 is 0. The van der Waals surface area contributed by atoms with E-state index in [-0.39, 0.29) is 18.2 Å². The second kappa shape index (κ2) is 2.79. The molecule has 0 amide bonds. The van der Waals surface area contributed by atoms with Gasteiger partial charge in [-0.05, 0) is 11.4 Å². The number of nitrogen functional groups attached to an aromatic ring is 1. The third-order valence-corrected chi connectivity index (χ3v) is 1.41.